The molecule has 1 N–H and O–H groups in total. The Balaban J connectivity index is 3.07. The summed E-state index contributed by atoms with van der Waals surface area (Å²) in [5.41, 5.74) is 2.05. The Labute approximate surface area is 112 Å². The maximum Gasteiger partial charge on any atom is 0.306 e. The number of rotatable bonds is 5. The number of aryl methyl sites for hydroxylation is 2. The first-order valence-electron chi connectivity index (χ1n) is 5.83. The number of aromatic nitrogens is 2. The molecule has 106 valence electrons. The van der Waals surface area contributed by atoms with Crippen LogP contribution in [0.25, 0.3) is 0 Å². The van der Waals surface area contributed by atoms with Crippen LogP contribution in [-0.2, 0) is 26.8 Å². The van der Waals surface area contributed by atoms with Crippen molar-refractivity contribution in [1.82, 2.24) is 9.97 Å². The van der Waals surface area contributed by atoms with Gasteiger partial charge in [-0.05, 0) is 25.8 Å². The molecule has 0 aliphatic heterocycles. The van der Waals surface area contributed by atoms with Crippen LogP contribution >= 0.6 is 0 Å². The molecule has 1 rings (SSSR count). The Morgan fingerprint density at radius 1 is 1.26 bits per heavy atom. The van der Waals surface area contributed by atoms with Crippen LogP contribution in [0.1, 0.15) is 29.7 Å². The Morgan fingerprint density at radius 3 is 2.11 bits per heavy atom. The maximum atomic E-state index is 11.2. The number of nitrogens with zero attached hydrogens (tertiary/aromatic N) is 2. The first-order valence-corrected chi connectivity index (χ1v) is 7.89. The van der Waals surface area contributed by atoms with Crippen LogP contribution in [0, 0.1) is 19.8 Å². The van der Waals surface area contributed by atoms with E-state index in [1.807, 2.05) is 0 Å². The lowest BCUT2D eigenvalue weighted by Gasteiger charge is -2.12. The first-order chi connectivity index (χ1) is 8.60. The second-order valence-electron chi connectivity index (χ2n) is 4.80. The lowest BCUT2D eigenvalue weighted by atomic mass is 9.99. The van der Waals surface area contributed by atoms with Gasteiger partial charge in [0.15, 0.2) is 9.84 Å². The van der Waals surface area contributed by atoms with Gasteiger partial charge in [-0.2, -0.15) is 0 Å². The van der Waals surface area contributed by atoms with Gasteiger partial charge in [-0.25, -0.2) is 18.4 Å². The van der Waals surface area contributed by atoms with E-state index >= 15 is 0 Å². The second-order valence-corrected chi connectivity index (χ2v) is 6.94. The van der Waals surface area contributed by atoms with Crippen LogP contribution in [0.15, 0.2) is 0 Å². The van der Waals surface area contributed by atoms with Gasteiger partial charge in [-0.3, -0.25) is 4.79 Å². The molecule has 0 saturated carbocycles. The monoisotopic (exact) mass is 286 g/mol. The van der Waals surface area contributed by atoms with Crippen molar-refractivity contribution in [2.75, 3.05) is 6.26 Å². The number of sulfone groups is 1. The van der Waals surface area contributed by atoms with E-state index in [-0.39, 0.29) is 11.6 Å². The number of carboxylic acid groups (broad SMARTS) is 1. The number of aliphatic carboxylic acids is 1. The highest BCUT2D eigenvalue weighted by atomic mass is 32.2. The summed E-state index contributed by atoms with van der Waals surface area (Å²) in [6.45, 7) is 5.10. The molecule has 7 heteroatoms. The van der Waals surface area contributed by atoms with E-state index in [2.05, 4.69) is 9.97 Å². The predicted molar refractivity (Wildman–Crippen MR) is 70.6 cm³/mol. The average Bonchev–Trinajstić information content (AvgIpc) is 2.20. The van der Waals surface area contributed by atoms with E-state index in [0.29, 0.717) is 17.8 Å². The van der Waals surface area contributed by atoms with Gasteiger partial charge in [0.2, 0.25) is 0 Å². The lowest BCUT2D eigenvalue weighted by Crippen LogP contribution is -2.16. The van der Waals surface area contributed by atoms with Crippen LogP contribution in [0.4, 0.5) is 0 Å². The van der Waals surface area contributed by atoms with Gasteiger partial charge >= 0.3 is 5.97 Å². The van der Waals surface area contributed by atoms with Gasteiger partial charge < -0.3 is 5.11 Å². The number of hydrogen-bond donors (Lipinski definition) is 1. The first kappa shape index (κ1) is 15.6. The van der Waals surface area contributed by atoms with Gasteiger partial charge in [0, 0.05) is 17.6 Å². The van der Waals surface area contributed by atoms with Crippen molar-refractivity contribution >= 4 is 15.8 Å². The van der Waals surface area contributed by atoms with Crippen molar-refractivity contribution < 1.29 is 18.3 Å². The fraction of sp³-hybridized carbons (Fsp3) is 0.583. The Kier molecular flexibility index (Phi) is 4.62. The molecule has 1 unspecified atom stereocenters. The van der Waals surface area contributed by atoms with E-state index in [4.69, 9.17) is 5.11 Å². The van der Waals surface area contributed by atoms with E-state index in [0.717, 1.165) is 11.8 Å². The molecule has 0 saturated heterocycles. The summed E-state index contributed by atoms with van der Waals surface area (Å²) in [5.74, 6) is -1.35. The fourth-order valence-corrected chi connectivity index (χ4v) is 2.40. The minimum Gasteiger partial charge on any atom is -0.481 e. The summed E-state index contributed by atoms with van der Waals surface area (Å²) >= 11 is 0. The van der Waals surface area contributed by atoms with Gasteiger partial charge in [0.25, 0.3) is 0 Å². The maximum absolute atomic E-state index is 11.2. The Morgan fingerprint density at radius 2 is 1.74 bits per heavy atom. The molecule has 0 aromatic carbocycles. The molecule has 0 fully saturated rings. The molecule has 0 bridgehead atoms. The van der Waals surface area contributed by atoms with Gasteiger partial charge in [0.1, 0.15) is 11.6 Å². The molecule has 1 atom stereocenters. The Hall–Kier alpha value is -1.50. The van der Waals surface area contributed by atoms with Gasteiger partial charge in [0.05, 0.1) is 5.92 Å². The molecule has 6 nitrogen and oxygen atoms in total. The van der Waals surface area contributed by atoms with Gasteiger partial charge in [-0.1, -0.05) is 6.92 Å². The summed E-state index contributed by atoms with van der Waals surface area (Å²) in [7, 11) is -3.18. The number of hydrogen-bond acceptors (Lipinski definition) is 5. The molecule has 0 amide bonds. The molecule has 0 spiro atoms. The highest BCUT2D eigenvalue weighted by molar-refractivity contribution is 7.89. The molecule has 1 aromatic rings. The molecular weight excluding hydrogens is 268 g/mol. The topological polar surface area (TPSA) is 97.2 Å². The van der Waals surface area contributed by atoms with Crippen LogP contribution in [0.5, 0.6) is 0 Å². The quantitative estimate of drug-likeness (QED) is 0.863. The van der Waals surface area contributed by atoms with Crippen LogP contribution in [0.2, 0.25) is 0 Å². The van der Waals surface area contributed by atoms with Crippen LogP contribution < -0.4 is 0 Å². The lowest BCUT2D eigenvalue weighted by molar-refractivity contribution is -0.141. The molecule has 1 heterocycles. The summed E-state index contributed by atoms with van der Waals surface area (Å²) in [6, 6.07) is 0. The highest BCUT2D eigenvalue weighted by Crippen LogP contribution is 2.16. The molecule has 0 aliphatic rings. The standard InChI is InChI=1S/C12H18N2O4S/c1-7(12(15)16)5-10-8(2)13-11(14-9(10)3)6-19(4,17)18/h7H,5-6H2,1-4H3,(H,15,16). The summed E-state index contributed by atoms with van der Waals surface area (Å²) in [4.78, 5) is 19.2. The largest absolute Gasteiger partial charge is 0.481 e. The zero-order valence-electron chi connectivity index (χ0n) is 11.5. The SMILES string of the molecule is Cc1nc(CS(C)(=O)=O)nc(C)c1CC(C)C(=O)O. The Bertz CT molecular complexity index is 573. The van der Waals surface area contributed by atoms with Crippen molar-refractivity contribution in [3.05, 3.63) is 22.8 Å². The summed E-state index contributed by atoms with van der Waals surface area (Å²) in [5, 5.41) is 8.91. The molecule has 1 aromatic heterocycles. The molecule has 0 radical (unpaired) electrons. The minimum atomic E-state index is -3.18. The van der Waals surface area contributed by atoms with E-state index < -0.39 is 21.7 Å². The third-order valence-corrected chi connectivity index (χ3v) is 3.57. The molecular formula is C12H18N2O4S. The highest BCUT2D eigenvalue weighted by Gasteiger charge is 2.17. The summed E-state index contributed by atoms with van der Waals surface area (Å²) in [6.07, 6.45) is 1.47. The second kappa shape index (κ2) is 5.64. The number of carbonyl (C=O) groups is 1. The normalized spacial score (nSPS) is 13.3. The average molecular weight is 286 g/mol. The zero-order valence-corrected chi connectivity index (χ0v) is 12.3. The third-order valence-electron chi connectivity index (χ3n) is 2.79. The van der Waals surface area contributed by atoms with E-state index in [9.17, 15) is 13.2 Å². The van der Waals surface area contributed by atoms with Crippen molar-refractivity contribution in [2.24, 2.45) is 5.92 Å². The van der Waals surface area contributed by atoms with Gasteiger partial charge in [-0.15, -0.1) is 0 Å². The van der Waals surface area contributed by atoms with Crippen molar-refractivity contribution in [1.29, 1.82) is 0 Å². The fourth-order valence-electron chi connectivity index (χ4n) is 1.80. The third kappa shape index (κ3) is 4.59. The molecule has 19 heavy (non-hydrogen) atoms. The smallest absolute Gasteiger partial charge is 0.306 e. The predicted octanol–water partition coefficient (Wildman–Crippen LogP) is 0.901. The summed E-state index contributed by atoms with van der Waals surface area (Å²) < 4.78 is 22.4. The zero-order chi connectivity index (χ0) is 14.8. The van der Waals surface area contributed by atoms with Crippen molar-refractivity contribution in [3.8, 4) is 0 Å². The van der Waals surface area contributed by atoms with Crippen molar-refractivity contribution in [3.63, 3.8) is 0 Å². The van der Waals surface area contributed by atoms with Crippen LogP contribution in [-0.4, -0.2) is 35.7 Å². The van der Waals surface area contributed by atoms with Crippen LogP contribution in [0.3, 0.4) is 0 Å². The number of carboxylic acids is 1. The molecule has 0 aliphatic carbocycles. The van der Waals surface area contributed by atoms with Crippen molar-refractivity contribution in [2.45, 2.75) is 32.9 Å². The minimum absolute atomic E-state index is 0.205. The van der Waals surface area contributed by atoms with E-state index in [1.54, 1.807) is 20.8 Å². The van der Waals surface area contributed by atoms with E-state index in [1.165, 1.54) is 0 Å².